The molecule has 266 valence electrons. The molecule has 0 fully saturated rings. The second-order valence-corrected chi connectivity index (χ2v) is 15.4. The van der Waals surface area contributed by atoms with Crippen LogP contribution in [0.5, 0.6) is 0 Å². The molecule has 0 amide bonds. The molecule has 3 heteroatoms. The first-order valence-electron chi connectivity index (χ1n) is 19.5. The highest BCUT2D eigenvalue weighted by Crippen LogP contribution is 2.35. The number of allylic oxidation sites excluding steroid dienone is 2. The third-order valence-electron chi connectivity index (χ3n) is 9.70. The van der Waals surface area contributed by atoms with Crippen LogP contribution >= 0.6 is 0 Å². The zero-order valence-electron chi connectivity index (χ0n) is 32.2. The van der Waals surface area contributed by atoms with Crippen molar-refractivity contribution in [1.29, 1.82) is 0 Å². The summed E-state index contributed by atoms with van der Waals surface area (Å²) < 4.78 is 11.7. The third kappa shape index (κ3) is 10.1. The molecule has 2 heterocycles. The molecule has 3 aromatic carbocycles. The first-order valence-corrected chi connectivity index (χ1v) is 19.5. The summed E-state index contributed by atoms with van der Waals surface area (Å²) in [5.74, 6) is 2.76. The van der Waals surface area contributed by atoms with Crippen LogP contribution in [0.1, 0.15) is 122 Å². The average Bonchev–Trinajstić information content (AvgIpc) is 3.07. The van der Waals surface area contributed by atoms with Gasteiger partial charge in [0.15, 0.2) is 0 Å². The Morgan fingerprint density at radius 3 is 2.20 bits per heavy atom. The van der Waals surface area contributed by atoms with Gasteiger partial charge in [-0.1, -0.05) is 97.2 Å². The van der Waals surface area contributed by atoms with E-state index in [1.165, 1.54) is 69.2 Å². The molecule has 0 saturated heterocycles. The van der Waals surface area contributed by atoms with Crippen LogP contribution in [0.25, 0.3) is 33.3 Å². The first kappa shape index (κ1) is 37.4. The van der Waals surface area contributed by atoms with E-state index in [-0.39, 0.29) is 6.10 Å². The minimum absolute atomic E-state index is 0.0521. The quantitative estimate of drug-likeness (QED) is 0.111. The van der Waals surface area contributed by atoms with E-state index in [0.717, 1.165) is 68.3 Å². The lowest BCUT2D eigenvalue weighted by Gasteiger charge is -2.21. The van der Waals surface area contributed by atoms with Crippen LogP contribution in [-0.4, -0.2) is 11.1 Å². The van der Waals surface area contributed by atoms with Gasteiger partial charge in [0.25, 0.3) is 5.95 Å². The number of aryl methyl sites for hydroxylation is 2. The largest absolute Gasteiger partial charge is 0.458 e. The number of nitrogens with zero attached hydrogens (tertiary/aromatic N) is 1. The highest BCUT2D eigenvalue weighted by molar-refractivity contribution is 5.90. The standard InChI is InChI=1S/C47H61NO2/c1-9-11-12-16-37-28-40(17-13-14-18-47-49-34(7)27-35(8)50-47)42(15-10-2)44(29-37)46-31-41(26-33(5)6)43-30-39(23-24-45(43)48-46)38-21-19-36(20-22-38)25-32(3)4/h18-24,27-34H,9-17,25-26H2,1-8H3. The van der Waals surface area contributed by atoms with Crippen LogP contribution in [0.15, 0.2) is 84.5 Å². The number of rotatable bonds is 16. The van der Waals surface area contributed by atoms with Crippen molar-refractivity contribution in [3.05, 3.63) is 112 Å². The second kappa shape index (κ2) is 17.9. The molecule has 0 spiro atoms. The van der Waals surface area contributed by atoms with Crippen LogP contribution in [0.3, 0.4) is 0 Å². The molecule has 3 nitrogen and oxygen atoms in total. The summed E-state index contributed by atoms with van der Waals surface area (Å²) in [4.78, 5) is 5.44. The van der Waals surface area contributed by atoms with Gasteiger partial charge in [-0.3, -0.25) is 0 Å². The molecular weight excluding hydrogens is 611 g/mol. The average molecular weight is 672 g/mol. The molecule has 1 aliphatic rings. The lowest BCUT2D eigenvalue weighted by Crippen LogP contribution is -2.13. The minimum Gasteiger partial charge on any atom is -0.458 e. The Kier molecular flexibility index (Phi) is 13.4. The fraction of sp³-hybridized carbons (Fsp3) is 0.468. The monoisotopic (exact) mass is 671 g/mol. The van der Waals surface area contributed by atoms with Crippen molar-refractivity contribution >= 4 is 10.9 Å². The van der Waals surface area contributed by atoms with Crippen molar-refractivity contribution in [1.82, 2.24) is 4.98 Å². The van der Waals surface area contributed by atoms with Crippen molar-refractivity contribution < 1.29 is 9.47 Å². The molecule has 0 bridgehead atoms. The van der Waals surface area contributed by atoms with E-state index in [0.29, 0.717) is 17.8 Å². The van der Waals surface area contributed by atoms with Gasteiger partial charge in [0.2, 0.25) is 0 Å². The summed E-state index contributed by atoms with van der Waals surface area (Å²) in [5, 5.41) is 1.28. The molecule has 1 aromatic heterocycles. The molecule has 4 aromatic rings. The SMILES string of the molecule is CCCCCc1cc(CCCC=C2OC(C)=CC(C)O2)c(CCC)c(-c2cc(CC(C)C)c3cc(-c4ccc(CC(C)C)cc4)ccc3n2)c1. The molecule has 0 N–H and O–H groups in total. The Bertz CT molecular complexity index is 1780. The van der Waals surface area contributed by atoms with Crippen molar-refractivity contribution in [2.24, 2.45) is 11.8 Å². The molecule has 5 rings (SSSR count). The summed E-state index contributed by atoms with van der Waals surface area (Å²) in [7, 11) is 0. The highest BCUT2D eigenvalue weighted by atomic mass is 16.7. The fourth-order valence-corrected chi connectivity index (χ4v) is 7.41. The predicted octanol–water partition coefficient (Wildman–Crippen LogP) is 13.2. The topological polar surface area (TPSA) is 31.4 Å². The predicted molar refractivity (Wildman–Crippen MR) is 213 cm³/mol. The minimum atomic E-state index is 0.0521. The van der Waals surface area contributed by atoms with Gasteiger partial charge in [0.1, 0.15) is 11.9 Å². The maximum Gasteiger partial charge on any atom is 0.280 e. The number of benzene rings is 3. The van der Waals surface area contributed by atoms with E-state index >= 15 is 0 Å². The Hall–Kier alpha value is -3.85. The zero-order chi connectivity index (χ0) is 35.6. The lowest BCUT2D eigenvalue weighted by molar-refractivity contribution is 0.0216. The normalized spacial score (nSPS) is 15.5. The smallest absolute Gasteiger partial charge is 0.280 e. The molecule has 0 aliphatic carbocycles. The van der Waals surface area contributed by atoms with E-state index in [1.54, 1.807) is 0 Å². The Balaban J connectivity index is 1.52. The van der Waals surface area contributed by atoms with Gasteiger partial charge < -0.3 is 9.47 Å². The van der Waals surface area contributed by atoms with Crippen molar-refractivity contribution in [2.75, 3.05) is 0 Å². The van der Waals surface area contributed by atoms with Crippen LogP contribution in [0.4, 0.5) is 0 Å². The van der Waals surface area contributed by atoms with Crippen LogP contribution in [-0.2, 0) is 41.6 Å². The van der Waals surface area contributed by atoms with Gasteiger partial charge in [-0.25, -0.2) is 4.98 Å². The van der Waals surface area contributed by atoms with Gasteiger partial charge >= 0.3 is 0 Å². The van der Waals surface area contributed by atoms with E-state index in [9.17, 15) is 0 Å². The third-order valence-corrected chi connectivity index (χ3v) is 9.70. The Morgan fingerprint density at radius 2 is 1.50 bits per heavy atom. The van der Waals surface area contributed by atoms with Gasteiger partial charge in [-0.15, -0.1) is 0 Å². The maximum absolute atomic E-state index is 5.90. The molecule has 1 unspecified atom stereocenters. The number of hydrogen-bond acceptors (Lipinski definition) is 3. The number of ether oxygens (including phenoxy) is 2. The summed E-state index contributed by atoms with van der Waals surface area (Å²) in [6.45, 7) is 17.9. The van der Waals surface area contributed by atoms with Crippen LogP contribution < -0.4 is 0 Å². The van der Waals surface area contributed by atoms with Gasteiger partial charge in [0.05, 0.1) is 11.2 Å². The van der Waals surface area contributed by atoms with Gasteiger partial charge in [-0.2, -0.15) is 0 Å². The molecular formula is C47H61NO2. The van der Waals surface area contributed by atoms with Crippen LogP contribution in [0, 0.1) is 11.8 Å². The second-order valence-electron chi connectivity index (χ2n) is 15.4. The summed E-state index contributed by atoms with van der Waals surface area (Å²) >= 11 is 0. The summed E-state index contributed by atoms with van der Waals surface area (Å²) in [5.41, 5.74) is 13.3. The number of fused-ring (bicyclic) bond motifs is 1. The first-order chi connectivity index (χ1) is 24.1. The maximum atomic E-state index is 5.90. The van der Waals surface area contributed by atoms with Gasteiger partial charge in [0, 0.05) is 10.9 Å². The summed E-state index contributed by atoms with van der Waals surface area (Å²) in [6.07, 6.45) is 16.3. The lowest BCUT2D eigenvalue weighted by atomic mass is 9.87. The molecule has 1 aliphatic heterocycles. The molecule has 50 heavy (non-hydrogen) atoms. The van der Waals surface area contributed by atoms with Crippen molar-refractivity contribution in [3.8, 4) is 22.4 Å². The number of pyridine rings is 1. The van der Waals surface area contributed by atoms with Crippen LogP contribution in [0.2, 0.25) is 0 Å². The zero-order valence-corrected chi connectivity index (χ0v) is 32.2. The molecule has 1 atom stereocenters. The number of hydrogen-bond donors (Lipinski definition) is 0. The van der Waals surface area contributed by atoms with E-state index < -0.39 is 0 Å². The number of unbranched alkanes of at least 4 members (excludes halogenated alkanes) is 3. The van der Waals surface area contributed by atoms with Gasteiger partial charge in [-0.05, 0) is 152 Å². The molecule has 0 radical (unpaired) electrons. The van der Waals surface area contributed by atoms with Crippen molar-refractivity contribution in [2.45, 2.75) is 132 Å². The van der Waals surface area contributed by atoms with E-state index in [4.69, 9.17) is 14.5 Å². The Labute approximate surface area is 303 Å². The molecule has 0 saturated carbocycles. The number of aromatic nitrogens is 1. The van der Waals surface area contributed by atoms with E-state index in [1.807, 2.05) is 13.0 Å². The Morgan fingerprint density at radius 1 is 0.740 bits per heavy atom. The highest BCUT2D eigenvalue weighted by Gasteiger charge is 2.18. The van der Waals surface area contributed by atoms with Crippen molar-refractivity contribution in [3.63, 3.8) is 0 Å². The fourth-order valence-electron chi connectivity index (χ4n) is 7.41. The summed E-state index contributed by atoms with van der Waals surface area (Å²) in [6, 6.07) is 23.5. The van der Waals surface area contributed by atoms with E-state index in [2.05, 4.69) is 115 Å².